The van der Waals surface area contributed by atoms with E-state index in [-0.39, 0.29) is 10.8 Å². The number of nitrogens with zero attached hydrogens (tertiary/aromatic N) is 6. The molecule has 0 spiro atoms. The van der Waals surface area contributed by atoms with Gasteiger partial charge in [0.15, 0.2) is 5.82 Å². The molecule has 10 heteroatoms. The molecule has 4 rings (SSSR count). The molecule has 0 amide bonds. The molecule has 1 aromatic carbocycles. The van der Waals surface area contributed by atoms with Gasteiger partial charge in [0.1, 0.15) is 17.4 Å². The van der Waals surface area contributed by atoms with E-state index in [9.17, 15) is 8.42 Å². The summed E-state index contributed by atoms with van der Waals surface area (Å²) in [6.07, 6.45) is 24.7. The van der Waals surface area contributed by atoms with Crippen molar-refractivity contribution in [2.75, 3.05) is 7.05 Å². The smallest absolute Gasteiger partial charge is 0.245 e. The van der Waals surface area contributed by atoms with Gasteiger partial charge in [-0.05, 0) is 49.4 Å². The summed E-state index contributed by atoms with van der Waals surface area (Å²) in [4.78, 5) is 13.7. The van der Waals surface area contributed by atoms with Crippen molar-refractivity contribution in [2.45, 2.75) is 154 Å². The molecule has 0 N–H and O–H groups in total. The number of imidazole rings is 1. The number of unbranched alkanes of at least 4 members (excludes halogenated alkanes) is 14. The number of fused-ring (bicyclic) bond motifs is 1. The Hall–Kier alpha value is -3.11. The van der Waals surface area contributed by atoms with E-state index < -0.39 is 16.1 Å². The fourth-order valence-electron chi connectivity index (χ4n) is 6.60. The minimum absolute atomic E-state index is 0.236. The third-order valence-corrected chi connectivity index (χ3v) is 11.5. The molecule has 0 bridgehead atoms. The van der Waals surface area contributed by atoms with Crippen LogP contribution in [0.4, 0.5) is 0 Å². The van der Waals surface area contributed by atoms with Crippen LogP contribution in [0.2, 0.25) is 0 Å². The molecule has 0 aliphatic carbocycles. The minimum atomic E-state index is -3.81. The van der Waals surface area contributed by atoms with Crippen molar-refractivity contribution < 1.29 is 12.9 Å². The van der Waals surface area contributed by atoms with Crippen molar-refractivity contribution in [3.8, 4) is 0 Å². The van der Waals surface area contributed by atoms with E-state index in [4.69, 9.17) is 4.52 Å². The Balaban J connectivity index is 1.23. The second kappa shape index (κ2) is 19.9. The topological polar surface area (TPSA) is 107 Å². The molecule has 4 aromatic rings. The number of hydrogen-bond acceptors (Lipinski definition) is 7. The zero-order valence-electron chi connectivity index (χ0n) is 30.7. The zero-order valence-corrected chi connectivity index (χ0v) is 31.6. The van der Waals surface area contributed by atoms with Gasteiger partial charge in [0, 0.05) is 26.2 Å². The summed E-state index contributed by atoms with van der Waals surface area (Å²) < 4.78 is 36.9. The monoisotopic (exact) mass is 692 g/mol. The molecule has 9 nitrogen and oxygen atoms in total. The zero-order chi connectivity index (χ0) is 35.1. The van der Waals surface area contributed by atoms with Crippen molar-refractivity contribution in [1.82, 2.24) is 29.0 Å². The molecule has 0 saturated heterocycles. The fourth-order valence-corrected chi connectivity index (χ4v) is 7.92. The lowest BCUT2D eigenvalue weighted by Crippen LogP contribution is -2.32. The summed E-state index contributed by atoms with van der Waals surface area (Å²) in [5.41, 5.74) is 2.83. The van der Waals surface area contributed by atoms with Gasteiger partial charge in [0.05, 0.1) is 16.6 Å². The van der Waals surface area contributed by atoms with Gasteiger partial charge in [-0.1, -0.05) is 128 Å². The van der Waals surface area contributed by atoms with Crippen LogP contribution < -0.4 is 0 Å². The van der Waals surface area contributed by atoms with Crippen molar-refractivity contribution in [1.29, 1.82) is 0 Å². The third kappa shape index (κ3) is 11.7. The van der Waals surface area contributed by atoms with Crippen LogP contribution in [0, 0.1) is 12.8 Å². The first-order valence-corrected chi connectivity index (χ1v) is 20.3. The van der Waals surface area contributed by atoms with Crippen molar-refractivity contribution in [2.24, 2.45) is 5.92 Å². The maximum absolute atomic E-state index is 13.8. The molecule has 0 radical (unpaired) electrons. The number of pyridine rings is 1. The Morgan fingerprint density at radius 2 is 1.41 bits per heavy atom. The maximum Gasteiger partial charge on any atom is 0.245 e. The SMILES string of the molecule is CCCCCCCCCCCCCCCCCc1noc(C(CC(C)C)N(C)S(=O)(=O)c2ccc(Cn3c(C)nc4cnccc43)cc2)n1. The lowest BCUT2D eigenvalue weighted by molar-refractivity contribution is 0.247. The third-order valence-electron chi connectivity index (χ3n) is 9.59. The highest BCUT2D eigenvalue weighted by atomic mass is 32.2. The molecule has 0 aliphatic heterocycles. The molecule has 0 fully saturated rings. The minimum Gasteiger partial charge on any atom is -0.338 e. The van der Waals surface area contributed by atoms with Crippen LogP contribution in [0.5, 0.6) is 0 Å². The largest absolute Gasteiger partial charge is 0.338 e. The van der Waals surface area contributed by atoms with Gasteiger partial charge in [-0.2, -0.15) is 9.29 Å². The number of hydrogen-bond donors (Lipinski definition) is 0. The van der Waals surface area contributed by atoms with Gasteiger partial charge in [-0.15, -0.1) is 0 Å². The Labute approximate surface area is 295 Å². The van der Waals surface area contributed by atoms with E-state index in [2.05, 4.69) is 45.4 Å². The van der Waals surface area contributed by atoms with Crippen LogP contribution in [0.3, 0.4) is 0 Å². The quantitative estimate of drug-likeness (QED) is 0.0673. The first-order chi connectivity index (χ1) is 23.7. The van der Waals surface area contributed by atoms with Crippen molar-refractivity contribution in [3.05, 3.63) is 65.8 Å². The molecule has 3 heterocycles. The van der Waals surface area contributed by atoms with Gasteiger partial charge in [-0.25, -0.2) is 13.4 Å². The van der Waals surface area contributed by atoms with E-state index in [1.807, 2.05) is 25.1 Å². The lowest BCUT2D eigenvalue weighted by Gasteiger charge is -2.26. The summed E-state index contributed by atoms with van der Waals surface area (Å²) in [5.74, 6) is 2.14. The van der Waals surface area contributed by atoms with Crippen LogP contribution in [0.15, 0.2) is 52.1 Å². The highest BCUT2D eigenvalue weighted by Crippen LogP contribution is 2.31. The number of sulfonamides is 1. The van der Waals surface area contributed by atoms with Crippen LogP contribution in [0.1, 0.15) is 153 Å². The normalized spacial score (nSPS) is 12.9. The Morgan fingerprint density at radius 3 is 2.00 bits per heavy atom. The average molecular weight is 693 g/mol. The second-order valence-electron chi connectivity index (χ2n) is 14.2. The molecule has 1 atom stereocenters. The molecule has 270 valence electrons. The summed E-state index contributed by atoms with van der Waals surface area (Å²) in [5, 5.41) is 4.24. The first-order valence-electron chi connectivity index (χ1n) is 18.9. The number of aryl methyl sites for hydroxylation is 2. The summed E-state index contributed by atoms with van der Waals surface area (Å²) in [6.45, 7) is 8.98. The van der Waals surface area contributed by atoms with Gasteiger partial charge in [-0.3, -0.25) is 4.98 Å². The lowest BCUT2D eigenvalue weighted by atomic mass is 10.0. The van der Waals surface area contributed by atoms with Crippen LogP contribution in [-0.2, 0) is 23.0 Å². The van der Waals surface area contributed by atoms with Crippen molar-refractivity contribution in [3.63, 3.8) is 0 Å². The number of benzene rings is 1. The van der Waals surface area contributed by atoms with Crippen LogP contribution in [0.25, 0.3) is 11.0 Å². The first kappa shape index (κ1) is 38.7. The maximum atomic E-state index is 13.8. The van der Waals surface area contributed by atoms with E-state index in [1.165, 1.54) is 87.8 Å². The molecule has 49 heavy (non-hydrogen) atoms. The predicted octanol–water partition coefficient (Wildman–Crippen LogP) is 9.99. The molecule has 1 unspecified atom stereocenters. The van der Waals surface area contributed by atoms with Crippen LogP contribution in [-0.4, -0.2) is 44.4 Å². The van der Waals surface area contributed by atoms with Gasteiger partial charge in [0.25, 0.3) is 0 Å². The summed E-state index contributed by atoms with van der Waals surface area (Å²) in [7, 11) is -2.19. The van der Waals surface area contributed by atoms with Gasteiger partial charge < -0.3 is 9.09 Å². The highest BCUT2D eigenvalue weighted by molar-refractivity contribution is 7.89. The second-order valence-corrected chi connectivity index (χ2v) is 16.2. The average Bonchev–Trinajstić information content (AvgIpc) is 3.69. The molecular formula is C39H60N6O3S. The van der Waals surface area contributed by atoms with Gasteiger partial charge in [0.2, 0.25) is 15.9 Å². The number of aromatic nitrogens is 5. The predicted molar refractivity (Wildman–Crippen MR) is 198 cm³/mol. The highest BCUT2D eigenvalue weighted by Gasteiger charge is 2.33. The standard InChI is InChI=1S/C39H60N6O3S/c1-6-7-8-9-10-11-12-13-14-15-16-17-18-19-20-21-38-42-39(48-43-38)37(28-31(2)3)44(5)49(46,47)34-24-22-33(23-25-34)30-45-32(4)41-35-29-40-27-26-36(35)45/h22-27,29,31,37H,6-21,28,30H2,1-5H3. The Bertz CT molecular complexity index is 1630. The number of rotatable bonds is 24. The molecule has 0 saturated carbocycles. The molecular weight excluding hydrogens is 633 g/mol. The fraction of sp³-hybridized carbons (Fsp3) is 0.641. The molecule has 0 aliphatic rings. The van der Waals surface area contributed by atoms with Gasteiger partial charge >= 0.3 is 0 Å². The van der Waals surface area contributed by atoms with Crippen molar-refractivity contribution >= 4 is 21.1 Å². The van der Waals surface area contributed by atoms with E-state index >= 15 is 0 Å². The summed E-state index contributed by atoms with van der Waals surface area (Å²) >= 11 is 0. The Kier molecular flexibility index (Phi) is 15.7. The van der Waals surface area contributed by atoms with E-state index in [1.54, 1.807) is 31.6 Å². The Morgan fingerprint density at radius 1 is 0.816 bits per heavy atom. The van der Waals surface area contributed by atoms with Crippen LogP contribution >= 0.6 is 0 Å². The molecule has 3 aromatic heterocycles. The summed E-state index contributed by atoms with van der Waals surface area (Å²) in [6, 6.07) is 8.50. The van der Waals surface area contributed by atoms with E-state index in [0.29, 0.717) is 24.7 Å². The van der Waals surface area contributed by atoms with E-state index in [0.717, 1.165) is 41.7 Å².